The van der Waals surface area contributed by atoms with Gasteiger partial charge in [0.15, 0.2) is 5.69 Å². The number of aromatic nitrogens is 2. The van der Waals surface area contributed by atoms with Crippen LogP contribution < -0.4 is 5.32 Å². The van der Waals surface area contributed by atoms with Crippen molar-refractivity contribution in [2.24, 2.45) is 0 Å². The van der Waals surface area contributed by atoms with Crippen molar-refractivity contribution in [3.05, 3.63) is 45.7 Å². The lowest BCUT2D eigenvalue weighted by atomic mass is 10.1. The number of halogens is 2. The van der Waals surface area contributed by atoms with Gasteiger partial charge < -0.3 is 5.32 Å². The highest BCUT2D eigenvalue weighted by atomic mass is 79.9. The van der Waals surface area contributed by atoms with Crippen LogP contribution in [0.2, 0.25) is 0 Å². The Kier molecular flexibility index (Phi) is 4.04. The third-order valence-electron chi connectivity index (χ3n) is 3.71. The van der Waals surface area contributed by atoms with Crippen LogP contribution in [0.15, 0.2) is 28.7 Å². The molecule has 0 aliphatic carbocycles. The summed E-state index contributed by atoms with van der Waals surface area (Å²) in [5.74, 6) is -0.207. The number of benzene rings is 1. The average molecular weight is 369 g/mol. The van der Waals surface area contributed by atoms with E-state index in [2.05, 4.69) is 26.3 Å². The summed E-state index contributed by atoms with van der Waals surface area (Å²) >= 11 is 9.73. The molecule has 110 valence electrons. The molecule has 1 aliphatic heterocycles. The van der Waals surface area contributed by atoms with E-state index in [1.165, 1.54) is 0 Å². The summed E-state index contributed by atoms with van der Waals surface area (Å²) in [6, 6.07) is 7.50. The van der Waals surface area contributed by atoms with Crippen LogP contribution in [0.5, 0.6) is 0 Å². The molecule has 0 fully saturated rings. The first-order valence-electron chi connectivity index (χ1n) is 6.84. The quantitative estimate of drug-likeness (QED) is 0.804. The number of carbonyl (C=O) groups is 1. The Morgan fingerprint density at radius 2 is 2.33 bits per heavy atom. The Labute approximate surface area is 136 Å². The lowest BCUT2D eigenvalue weighted by molar-refractivity contribution is 0.102. The van der Waals surface area contributed by atoms with Crippen molar-refractivity contribution in [1.82, 2.24) is 9.78 Å². The molecule has 1 amide bonds. The zero-order valence-electron chi connectivity index (χ0n) is 11.6. The number of amides is 1. The maximum Gasteiger partial charge on any atom is 0.276 e. The molecule has 2 heterocycles. The number of alkyl halides is 1. The fourth-order valence-corrected chi connectivity index (χ4v) is 3.17. The van der Waals surface area contributed by atoms with Crippen LogP contribution in [0.25, 0.3) is 0 Å². The molecule has 1 unspecified atom stereocenters. The van der Waals surface area contributed by atoms with Gasteiger partial charge in [0.2, 0.25) is 0 Å². The summed E-state index contributed by atoms with van der Waals surface area (Å²) in [7, 11) is 0. The molecule has 0 radical (unpaired) electrons. The second-order valence-electron chi connectivity index (χ2n) is 5.15. The van der Waals surface area contributed by atoms with E-state index in [-0.39, 0.29) is 11.3 Å². The summed E-state index contributed by atoms with van der Waals surface area (Å²) in [6.07, 6.45) is 1.92. The van der Waals surface area contributed by atoms with Crippen LogP contribution in [0.4, 0.5) is 5.69 Å². The highest BCUT2D eigenvalue weighted by Gasteiger charge is 2.23. The van der Waals surface area contributed by atoms with Crippen LogP contribution in [0, 0.1) is 6.92 Å². The van der Waals surface area contributed by atoms with Crippen molar-refractivity contribution < 1.29 is 4.79 Å². The van der Waals surface area contributed by atoms with E-state index in [0.29, 0.717) is 5.69 Å². The number of hydrogen-bond donors (Lipinski definition) is 1. The van der Waals surface area contributed by atoms with Crippen LogP contribution in [-0.2, 0) is 6.54 Å². The molecular formula is C15H15BrClN3O. The van der Waals surface area contributed by atoms with Gasteiger partial charge in [-0.25, -0.2) is 0 Å². The van der Waals surface area contributed by atoms with Gasteiger partial charge in [-0.15, -0.1) is 11.6 Å². The summed E-state index contributed by atoms with van der Waals surface area (Å²) in [4.78, 5) is 12.4. The number of fused-ring (bicyclic) bond motifs is 1. The number of rotatable bonds is 2. The minimum absolute atomic E-state index is 0.0552. The lowest BCUT2D eigenvalue weighted by Gasteiger charge is -2.17. The molecule has 1 N–H and O–H groups in total. The normalized spacial score (nSPS) is 17.4. The number of aryl methyl sites for hydroxylation is 1. The first kappa shape index (κ1) is 14.6. The molecule has 0 bridgehead atoms. The third-order valence-corrected chi connectivity index (χ3v) is 5.01. The Bertz CT molecular complexity index is 698. The molecular weight excluding hydrogens is 354 g/mol. The lowest BCUT2D eigenvalue weighted by Crippen LogP contribution is -2.15. The summed E-state index contributed by atoms with van der Waals surface area (Å²) in [5, 5.41) is 7.21. The Hall–Kier alpha value is -1.33. The predicted octanol–water partition coefficient (Wildman–Crippen LogP) is 4.28. The Morgan fingerprint density at radius 1 is 1.52 bits per heavy atom. The van der Waals surface area contributed by atoms with Gasteiger partial charge in [0.25, 0.3) is 5.91 Å². The van der Waals surface area contributed by atoms with E-state index < -0.39 is 0 Å². The summed E-state index contributed by atoms with van der Waals surface area (Å²) < 4.78 is 2.80. The molecule has 1 aromatic heterocycles. The summed E-state index contributed by atoms with van der Waals surface area (Å²) in [6.45, 7) is 2.77. The fraction of sp³-hybridized carbons (Fsp3) is 0.333. The first-order valence-corrected chi connectivity index (χ1v) is 8.07. The molecule has 6 heteroatoms. The van der Waals surface area contributed by atoms with Crippen molar-refractivity contribution in [3.8, 4) is 0 Å². The van der Waals surface area contributed by atoms with Gasteiger partial charge in [-0.3, -0.25) is 9.48 Å². The number of carbonyl (C=O) groups excluding carboxylic acids is 1. The maximum atomic E-state index is 12.4. The minimum atomic E-state index is -0.207. The molecule has 1 aromatic carbocycles. The molecule has 1 atom stereocenters. The van der Waals surface area contributed by atoms with E-state index >= 15 is 0 Å². The summed E-state index contributed by atoms with van der Waals surface area (Å²) in [5.41, 5.74) is 3.11. The second kappa shape index (κ2) is 5.81. The van der Waals surface area contributed by atoms with Gasteiger partial charge >= 0.3 is 0 Å². The fourth-order valence-electron chi connectivity index (χ4n) is 2.47. The van der Waals surface area contributed by atoms with Crippen LogP contribution >= 0.6 is 27.5 Å². The molecule has 1 aliphatic rings. The van der Waals surface area contributed by atoms with Gasteiger partial charge in [0, 0.05) is 16.7 Å². The highest BCUT2D eigenvalue weighted by molar-refractivity contribution is 9.10. The first-order chi connectivity index (χ1) is 10.1. The SMILES string of the molecule is Cc1c(Br)cccc1NC(=O)c1cc2n(n1)CCCC2Cl. The van der Waals surface area contributed by atoms with Gasteiger partial charge in [-0.05, 0) is 43.5 Å². The van der Waals surface area contributed by atoms with Crippen molar-refractivity contribution in [2.75, 3.05) is 5.32 Å². The Balaban J connectivity index is 1.84. The van der Waals surface area contributed by atoms with Crippen LogP contribution in [-0.4, -0.2) is 15.7 Å². The van der Waals surface area contributed by atoms with Crippen LogP contribution in [0.1, 0.15) is 40.0 Å². The van der Waals surface area contributed by atoms with Crippen molar-refractivity contribution in [2.45, 2.75) is 31.7 Å². The van der Waals surface area contributed by atoms with Gasteiger partial charge in [0.1, 0.15) is 0 Å². The largest absolute Gasteiger partial charge is 0.320 e. The predicted molar refractivity (Wildman–Crippen MR) is 86.9 cm³/mol. The smallest absolute Gasteiger partial charge is 0.276 e. The number of nitrogens with zero attached hydrogens (tertiary/aromatic N) is 2. The van der Waals surface area contributed by atoms with Gasteiger partial charge in [0.05, 0.1) is 11.1 Å². The van der Waals surface area contributed by atoms with E-state index in [9.17, 15) is 4.79 Å². The van der Waals surface area contributed by atoms with Crippen molar-refractivity contribution in [3.63, 3.8) is 0 Å². The molecule has 21 heavy (non-hydrogen) atoms. The van der Waals surface area contributed by atoms with Gasteiger partial charge in [-0.1, -0.05) is 22.0 Å². The molecule has 0 saturated carbocycles. The molecule has 2 aromatic rings. The standard InChI is InChI=1S/C15H15BrClN3O/c1-9-10(16)4-2-6-12(9)18-15(21)13-8-14-11(17)5-3-7-20(14)19-13/h2,4,6,8,11H,3,5,7H2,1H3,(H,18,21). The molecule has 0 saturated heterocycles. The van der Waals surface area contributed by atoms with E-state index in [1.807, 2.05) is 29.8 Å². The van der Waals surface area contributed by atoms with Crippen molar-refractivity contribution >= 4 is 39.1 Å². The van der Waals surface area contributed by atoms with Gasteiger partial charge in [-0.2, -0.15) is 5.10 Å². The minimum Gasteiger partial charge on any atom is -0.320 e. The number of anilines is 1. The topological polar surface area (TPSA) is 46.9 Å². The zero-order chi connectivity index (χ0) is 15.0. The highest BCUT2D eigenvalue weighted by Crippen LogP contribution is 2.31. The van der Waals surface area contributed by atoms with Crippen molar-refractivity contribution in [1.29, 1.82) is 0 Å². The molecule has 0 spiro atoms. The second-order valence-corrected chi connectivity index (χ2v) is 6.54. The average Bonchev–Trinajstić information content (AvgIpc) is 2.89. The monoisotopic (exact) mass is 367 g/mol. The van der Waals surface area contributed by atoms with E-state index in [4.69, 9.17) is 11.6 Å². The third kappa shape index (κ3) is 2.85. The maximum absolute atomic E-state index is 12.4. The van der Waals surface area contributed by atoms with Crippen LogP contribution in [0.3, 0.4) is 0 Å². The number of hydrogen-bond acceptors (Lipinski definition) is 2. The van der Waals surface area contributed by atoms with E-state index in [1.54, 1.807) is 6.07 Å². The number of nitrogens with one attached hydrogen (secondary N) is 1. The molecule has 3 rings (SSSR count). The zero-order valence-corrected chi connectivity index (χ0v) is 13.9. The molecule has 4 nitrogen and oxygen atoms in total. The Morgan fingerprint density at radius 3 is 3.10 bits per heavy atom. The van der Waals surface area contributed by atoms with E-state index in [0.717, 1.165) is 40.8 Å².